The molecule has 0 unspecified atom stereocenters. The van der Waals surface area contributed by atoms with Crippen LogP contribution in [0.2, 0.25) is 10.0 Å². The Balaban J connectivity index is 1.29. The van der Waals surface area contributed by atoms with E-state index in [4.69, 9.17) is 37.4 Å². The van der Waals surface area contributed by atoms with Crippen LogP contribution in [0.5, 0.6) is 11.5 Å². The van der Waals surface area contributed by atoms with Crippen molar-refractivity contribution < 1.29 is 28.9 Å². The van der Waals surface area contributed by atoms with Crippen LogP contribution in [0.4, 0.5) is 4.79 Å². The highest BCUT2D eigenvalue weighted by molar-refractivity contribution is 6.35. The number of rotatable bonds is 12. The number of aliphatic hydroxyl groups excluding tert-OH is 1. The summed E-state index contributed by atoms with van der Waals surface area (Å²) in [6, 6.07) is 17.3. The van der Waals surface area contributed by atoms with Gasteiger partial charge in [0.25, 0.3) is 0 Å². The van der Waals surface area contributed by atoms with Crippen molar-refractivity contribution >= 4 is 52.3 Å². The number of ether oxygens (including phenoxy) is 3. The number of allylic oxidation sites excluding steroid dienone is 1. The molecule has 2 heterocycles. The number of fused-ring (bicyclic) bond motifs is 1. The van der Waals surface area contributed by atoms with Crippen LogP contribution in [-0.4, -0.2) is 54.4 Å². The second-order valence-corrected chi connectivity index (χ2v) is 11.6. The van der Waals surface area contributed by atoms with E-state index in [1.807, 2.05) is 50.2 Å². The molecule has 2 amide bonds. The Labute approximate surface area is 282 Å². The highest BCUT2D eigenvalue weighted by atomic mass is 35.5. The molecule has 4 aromatic rings. The smallest absolute Gasteiger partial charge is 0.337 e. The molecular formula is C34H35Cl2N5O6. The van der Waals surface area contributed by atoms with Gasteiger partial charge in [-0.05, 0) is 62.2 Å². The van der Waals surface area contributed by atoms with Gasteiger partial charge in [-0.25, -0.2) is 9.59 Å². The Bertz CT molecular complexity index is 1870. The summed E-state index contributed by atoms with van der Waals surface area (Å²) in [5.41, 5.74) is 7.78. The molecule has 0 spiro atoms. The summed E-state index contributed by atoms with van der Waals surface area (Å²) in [5.74, 6) is 0.166. The molecule has 5 rings (SSSR count). The lowest BCUT2D eigenvalue weighted by Crippen LogP contribution is -2.45. The molecule has 246 valence electrons. The molecule has 0 saturated heterocycles. The third-order valence-electron chi connectivity index (χ3n) is 7.71. The predicted octanol–water partition coefficient (Wildman–Crippen LogP) is 5.83. The number of esters is 1. The van der Waals surface area contributed by atoms with Crippen molar-refractivity contribution in [2.75, 3.05) is 20.3 Å². The van der Waals surface area contributed by atoms with Gasteiger partial charge in [-0.3, -0.25) is 5.43 Å². The standard InChI is InChI=1S/C34H35Cl2N5O6/c1-5-46-29-14-21(32-31(33(43)45-4)19(2)38-34(44)39-32)11-13-28(29)47-18-30(42)40-37-16-25-20(3)41(27-9-7-6-8-24(25)27)17-22-10-12-23(35)15-26(22)36/h6-16,30,32,40,42H,5,17-18H2,1-4H3,(H2,38,39,44)/b37-16+/t30-,32+/m0/s1. The van der Waals surface area contributed by atoms with Gasteiger partial charge in [0.1, 0.15) is 6.61 Å². The SMILES string of the molecule is CCOc1cc([C@H]2NC(=O)NC(C)=C2C(=O)OC)ccc1OC[C@H](O)N/N=C/c1c(C)n(Cc2ccc(Cl)cc2Cl)c2ccccc12. The number of hydrogen-bond acceptors (Lipinski definition) is 8. The molecule has 1 aliphatic heterocycles. The number of hydrazone groups is 1. The van der Waals surface area contributed by atoms with Gasteiger partial charge in [0, 0.05) is 44.4 Å². The van der Waals surface area contributed by atoms with Gasteiger partial charge in [0.15, 0.2) is 17.7 Å². The van der Waals surface area contributed by atoms with E-state index >= 15 is 0 Å². The summed E-state index contributed by atoms with van der Waals surface area (Å²) in [5, 5.41) is 22.5. The number of aromatic nitrogens is 1. The molecule has 0 saturated carbocycles. The summed E-state index contributed by atoms with van der Waals surface area (Å²) in [7, 11) is 1.28. The lowest BCUT2D eigenvalue weighted by Gasteiger charge is -2.28. The third kappa shape index (κ3) is 7.48. The van der Waals surface area contributed by atoms with Crippen LogP contribution in [0, 0.1) is 6.92 Å². The van der Waals surface area contributed by atoms with E-state index < -0.39 is 24.3 Å². The van der Waals surface area contributed by atoms with E-state index in [2.05, 4.69) is 25.7 Å². The molecule has 3 aromatic carbocycles. The van der Waals surface area contributed by atoms with Crippen LogP contribution in [0.25, 0.3) is 10.9 Å². The average Bonchev–Trinajstić information content (AvgIpc) is 3.31. The molecule has 11 nitrogen and oxygen atoms in total. The maximum absolute atomic E-state index is 12.5. The van der Waals surface area contributed by atoms with Crippen LogP contribution in [0.3, 0.4) is 0 Å². The first kappa shape index (κ1) is 33.6. The van der Waals surface area contributed by atoms with Crippen LogP contribution < -0.4 is 25.5 Å². The van der Waals surface area contributed by atoms with Crippen LogP contribution in [0.1, 0.15) is 42.3 Å². The Morgan fingerprint density at radius 2 is 1.89 bits per heavy atom. The Hall–Kier alpha value is -4.71. The van der Waals surface area contributed by atoms with Crippen LogP contribution >= 0.6 is 23.2 Å². The quantitative estimate of drug-likeness (QED) is 0.0641. The lowest BCUT2D eigenvalue weighted by molar-refractivity contribution is -0.136. The largest absolute Gasteiger partial charge is 0.490 e. The molecule has 0 fully saturated rings. The van der Waals surface area contributed by atoms with Gasteiger partial charge < -0.3 is 34.5 Å². The fourth-order valence-corrected chi connectivity index (χ4v) is 5.92. The topological polar surface area (TPSA) is 135 Å². The van der Waals surface area contributed by atoms with E-state index in [9.17, 15) is 14.7 Å². The summed E-state index contributed by atoms with van der Waals surface area (Å²) in [4.78, 5) is 24.7. The number of methoxy groups -OCH3 is 1. The molecule has 47 heavy (non-hydrogen) atoms. The maximum atomic E-state index is 12.5. The zero-order valence-corrected chi connectivity index (χ0v) is 27.8. The molecule has 0 bridgehead atoms. The molecule has 0 aliphatic carbocycles. The monoisotopic (exact) mass is 679 g/mol. The van der Waals surface area contributed by atoms with Gasteiger partial charge in [0.2, 0.25) is 0 Å². The summed E-state index contributed by atoms with van der Waals surface area (Å²) in [6.45, 7) is 6.19. The summed E-state index contributed by atoms with van der Waals surface area (Å²) < 4.78 is 18.8. The Morgan fingerprint density at radius 3 is 2.64 bits per heavy atom. The molecule has 2 atom stereocenters. The number of hydrogen-bond donors (Lipinski definition) is 4. The normalized spacial score (nSPS) is 15.4. The zero-order chi connectivity index (χ0) is 33.7. The van der Waals surface area contributed by atoms with Crippen molar-refractivity contribution in [3.8, 4) is 11.5 Å². The number of aliphatic hydroxyl groups is 1. The number of carbonyl (C=O) groups is 2. The Morgan fingerprint density at radius 1 is 1.11 bits per heavy atom. The van der Waals surface area contributed by atoms with E-state index in [-0.39, 0.29) is 12.2 Å². The minimum Gasteiger partial charge on any atom is -0.490 e. The fraction of sp³-hybridized carbons (Fsp3) is 0.265. The molecule has 0 radical (unpaired) electrons. The van der Waals surface area contributed by atoms with Gasteiger partial charge in [-0.2, -0.15) is 5.10 Å². The minimum atomic E-state index is -1.15. The van der Waals surface area contributed by atoms with Crippen LogP contribution in [0.15, 0.2) is 77.0 Å². The summed E-state index contributed by atoms with van der Waals surface area (Å²) in [6.07, 6.45) is 0.519. The predicted molar refractivity (Wildman–Crippen MR) is 181 cm³/mol. The van der Waals surface area contributed by atoms with E-state index in [1.54, 1.807) is 37.4 Å². The van der Waals surface area contributed by atoms with Gasteiger partial charge >= 0.3 is 12.0 Å². The van der Waals surface area contributed by atoms with Gasteiger partial charge in [-0.1, -0.05) is 53.5 Å². The molecule has 13 heteroatoms. The van der Waals surface area contributed by atoms with E-state index in [0.717, 1.165) is 27.7 Å². The number of nitrogens with one attached hydrogen (secondary N) is 3. The second-order valence-electron chi connectivity index (χ2n) is 10.8. The summed E-state index contributed by atoms with van der Waals surface area (Å²) >= 11 is 12.6. The van der Waals surface area contributed by atoms with Crippen molar-refractivity contribution in [2.45, 2.75) is 39.6 Å². The van der Waals surface area contributed by atoms with Gasteiger partial charge in [-0.15, -0.1) is 0 Å². The molecule has 1 aromatic heterocycles. The first-order chi connectivity index (χ1) is 22.6. The lowest BCUT2D eigenvalue weighted by atomic mass is 9.95. The van der Waals surface area contributed by atoms with Crippen molar-refractivity contribution in [3.05, 3.63) is 104 Å². The number of nitrogens with zero attached hydrogens (tertiary/aromatic N) is 2. The van der Waals surface area contributed by atoms with E-state index in [0.29, 0.717) is 46.0 Å². The first-order valence-electron chi connectivity index (χ1n) is 14.9. The highest BCUT2D eigenvalue weighted by Gasteiger charge is 2.32. The van der Waals surface area contributed by atoms with Crippen molar-refractivity contribution in [1.29, 1.82) is 0 Å². The minimum absolute atomic E-state index is 0.150. The number of amides is 2. The van der Waals surface area contributed by atoms with Crippen molar-refractivity contribution in [1.82, 2.24) is 20.6 Å². The molecule has 1 aliphatic rings. The van der Waals surface area contributed by atoms with Gasteiger partial charge in [0.05, 0.1) is 31.5 Å². The number of para-hydroxylation sites is 1. The van der Waals surface area contributed by atoms with Crippen LogP contribution in [-0.2, 0) is 16.1 Å². The highest BCUT2D eigenvalue weighted by Crippen LogP contribution is 2.35. The number of carbonyl (C=O) groups excluding carboxylic acids is 2. The number of halogens is 2. The fourth-order valence-electron chi connectivity index (χ4n) is 5.45. The second kappa shape index (κ2) is 14.8. The van der Waals surface area contributed by atoms with Crippen molar-refractivity contribution in [2.24, 2.45) is 5.10 Å². The number of benzene rings is 3. The first-order valence-corrected chi connectivity index (χ1v) is 15.6. The zero-order valence-electron chi connectivity index (χ0n) is 26.3. The third-order valence-corrected chi connectivity index (χ3v) is 8.30. The molecule has 4 N–H and O–H groups in total. The van der Waals surface area contributed by atoms with Crippen molar-refractivity contribution in [3.63, 3.8) is 0 Å². The number of urea groups is 1. The average molecular weight is 681 g/mol. The molecular weight excluding hydrogens is 645 g/mol. The Kier molecular flexibility index (Phi) is 10.6. The maximum Gasteiger partial charge on any atom is 0.337 e. The van der Waals surface area contributed by atoms with E-state index in [1.165, 1.54) is 7.11 Å².